The van der Waals surface area contributed by atoms with E-state index in [4.69, 9.17) is 4.74 Å². The van der Waals surface area contributed by atoms with Crippen LogP contribution in [0.3, 0.4) is 0 Å². The molecule has 1 atom stereocenters. The maximum atomic E-state index is 12.9. The Kier molecular flexibility index (Phi) is 5.75. The van der Waals surface area contributed by atoms with Crippen molar-refractivity contribution < 1.29 is 9.53 Å². The zero-order chi connectivity index (χ0) is 20.3. The number of ether oxygens (including phenoxy) is 1. The van der Waals surface area contributed by atoms with Gasteiger partial charge < -0.3 is 15.0 Å². The molecular weight excluding hydrogens is 356 g/mol. The Balaban J connectivity index is 1.87. The first-order chi connectivity index (χ1) is 13.4. The van der Waals surface area contributed by atoms with E-state index in [9.17, 15) is 9.59 Å². The van der Waals surface area contributed by atoms with E-state index in [1.807, 2.05) is 43.3 Å². The van der Waals surface area contributed by atoms with Crippen LogP contribution in [0.4, 0.5) is 0 Å². The number of aryl methyl sites for hydroxylation is 1. The van der Waals surface area contributed by atoms with Gasteiger partial charge in [-0.15, -0.1) is 0 Å². The van der Waals surface area contributed by atoms with Crippen LogP contribution in [0.5, 0.6) is 5.75 Å². The zero-order valence-corrected chi connectivity index (χ0v) is 16.5. The van der Waals surface area contributed by atoms with E-state index in [0.717, 1.165) is 11.3 Å². The lowest BCUT2D eigenvalue weighted by atomic mass is 10.1. The molecule has 0 saturated heterocycles. The van der Waals surface area contributed by atoms with Crippen molar-refractivity contribution in [3.8, 4) is 5.75 Å². The van der Waals surface area contributed by atoms with Crippen LogP contribution in [-0.2, 0) is 7.05 Å². The topological polar surface area (TPSA) is 76.5 Å². The summed E-state index contributed by atoms with van der Waals surface area (Å²) in [5, 5.41) is 8.16. The maximum absolute atomic E-state index is 12.9. The van der Waals surface area contributed by atoms with Crippen molar-refractivity contribution >= 4 is 16.7 Å². The van der Waals surface area contributed by atoms with Gasteiger partial charge in [-0.1, -0.05) is 30.3 Å². The molecule has 7 nitrogen and oxygen atoms in total. The van der Waals surface area contributed by atoms with Gasteiger partial charge >= 0.3 is 0 Å². The van der Waals surface area contributed by atoms with E-state index in [1.54, 1.807) is 38.4 Å². The largest absolute Gasteiger partial charge is 0.497 e. The fourth-order valence-corrected chi connectivity index (χ4v) is 3.19. The number of nitrogens with one attached hydrogen (secondary N) is 1. The second-order valence-electron chi connectivity index (χ2n) is 6.79. The summed E-state index contributed by atoms with van der Waals surface area (Å²) in [4.78, 5) is 27.2. The van der Waals surface area contributed by atoms with Crippen molar-refractivity contribution in [3.05, 3.63) is 70.1 Å². The molecule has 1 heterocycles. The highest BCUT2D eigenvalue weighted by Gasteiger charge is 2.19. The molecule has 2 aromatic carbocycles. The standard InChI is InChI=1S/C21H24N4O3/c1-24(2)18(14-8-7-9-15(12-14)28-4)13-22-20(26)19-16-10-5-6-11-17(16)21(27)25(3)23-19/h5-12,18H,13H2,1-4H3,(H,22,26)/t18-/m1/s1. The molecule has 0 aliphatic heterocycles. The van der Waals surface area contributed by atoms with E-state index in [-0.39, 0.29) is 23.2 Å². The van der Waals surface area contributed by atoms with Crippen molar-refractivity contribution in [2.45, 2.75) is 6.04 Å². The van der Waals surface area contributed by atoms with Gasteiger partial charge in [0.15, 0.2) is 5.69 Å². The van der Waals surface area contributed by atoms with E-state index in [2.05, 4.69) is 10.4 Å². The van der Waals surface area contributed by atoms with Crippen molar-refractivity contribution in [1.82, 2.24) is 20.0 Å². The number of likely N-dealkylation sites (N-methyl/N-ethyl adjacent to an activating group) is 1. The number of amides is 1. The first kappa shape index (κ1) is 19.6. The molecule has 0 unspecified atom stereocenters. The third-order valence-electron chi connectivity index (χ3n) is 4.73. The molecule has 28 heavy (non-hydrogen) atoms. The minimum absolute atomic E-state index is 0.0437. The Hall–Kier alpha value is -3.19. The highest BCUT2D eigenvalue weighted by Crippen LogP contribution is 2.22. The lowest BCUT2D eigenvalue weighted by Crippen LogP contribution is -2.36. The number of hydrogen-bond donors (Lipinski definition) is 1. The molecule has 1 amide bonds. The molecule has 1 aromatic heterocycles. The second kappa shape index (κ2) is 8.22. The Morgan fingerprint density at radius 2 is 1.89 bits per heavy atom. The van der Waals surface area contributed by atoms with Crippen molar-refractivity contribution in [3.63, 3.8) is 0 Å². The normalized spacial score (nSPS) is 12.2. The van der Waals surface area contributed by atoms with Gasteiger partial charge in [0.05, 0.1) is 18.5 Å². The molecule has 0 aliphatic rings. The van der Waals surface area contributed by atoms with Gasteiger partial charge in [-0.3, -0.25) is 9.59 Å². The van der Waals surface area contributed by atoms with E-state index in [1.165, 1.54) is 4.68 Å². The van der Waals surface area contributed by atoms with Crippen LogP contribution in [-0.4, -0.2) is 48.3 Å². The van der Waals surface area contributed by atoms with Gasteiger partial charge in [0.25, 0.3) is 11.5 Å². The van der Waals surface area contributed by atoms with Gasteiger partial charge in [-0.05, 0) is 37.9 Å². The van der Waals surface area contributed by atoms with Crippen LogP contribution in [0.15, 0.2) is 53.3 Å². The van der Waals surface area contributed by atoms with Crippen molar-refractivity contribution in [1.29, 1.82) is 0 Å². The summed E-state index contributed by atoms with van der Waals surface area (Å²) in [5.41, 5.74) is 1.04. The minimum Gasteiger partial charge on any atom is -0.497 e. The number of methoxy groups -OCH3 is 1. The van der Waals surface area contributed by atoms with Crippen LogP contribution >= 0.6 is 0 Å². The minimum atomic E-state index is -0.318. The smallest absolute Gasteiger partial charge is 0.274 e. The molecule has 0 saturated carbocycles. The van der Waals surface area contributed by atoms with Crippen LogP contribution in [0.1, 0.15) is 22.1 Å². The number of aromatic nitrogens is 2. The lowest BCUT2D eigenvalue weighted by Gasteiger charge is -2.25. The second-order valence-corrected chi connectivity index (χ2v) is 6.79. The molecule has 0 radical (unpaired) electrons. The molecule has 0 aliphatic carbocycles. The summed E-state index contributed by atoms with van der Waals surface area (Å²) in [5.74, 6) is 0.447. The summed E-state index contributed by atoms with van der Waals surface area (Å²) in [6.07, 6.45) is 0. The predicted molar refractivity (Wildman–Crippen MR) is 109 cm³/mol. The molecule has 0 spiro atoms. The Labute approximate surface area is 163 Å². The summed E-state index contributed by atoms with van der Waals surface area (Å²) >= 11 is 0. The third kappa shape index (κ3) is 3.89. The fraction of sp³-hybridized carbons (Fsp3) is 0.286. The first-order valence-electron chi connectivity index (χ1n) is 8.97. The molecule has 3 aromatic rings. The van der Waals surface area contributed by atoms with Gasteiger partial charge in [-0.25, -0.2) is 4.68 Å². The number of fused-ring (bicyclic) bond motifs is 1. The monoisotopic (exact) mass is 380 g/mol. The zero-order valence-electron chi connectivity index (χ0n) is 16.5. The number of carbonyl (C=O) groups is 1. The maximum Gasteiger partial charge on any atom is 0.274 e. The van der Waals surface area contributed by atoms with E-state index < -0.39 is 0 Å². The molecule has 1 N–H and O–H groups in total. The lowest BCUT2D eigenvalue weighted by molar-refractivity contribution is 0.0936. The van der Waals surface area contributed by atoms with Crippen LogP contribution < -0.4 is 15.6 Å². The van der Waals surface area contributed by atoms with Gasteiger partial charge in [0.1, 0.15) is 5.75 Å². The quantitative estimate of drug-likeness (QED) is 0.708. The van der Waals surface area contributed by atoms with Crippen molar-refractivity contribution in [2.24, 2.45) is 7.05 Å². The van der Waals surface area contributed by atoms with E-state index >= 15 is 0 Å². The number of rotatable bonds is 6. The number of nitrogens with zero attached hydrogens (tertiary/aromatic N) is 3. The molecule has 146 valence electrons. The fourth-order valence-electron chi connectivity index (χ4n) is 3.19. The van der Waals surface area contributed by atoms with Crippen molar-refractivity contribution in [2.75, 3.05) is 27.7 Å². The number of carbonyl (C=O) groups excluding carboxylic acids is 1. The summed E-state index contributed by atoms with van der Waals surface area (Å²) in [6, 6.07) is 14.7. The first-order valence-corrected chi connectivity index (χ1v) is 8.97. The summed E-state index contributed by atoms with van der Waals surface area (Å²) in [7, 11) is 7.08. The molecule has 0 bridgehead atoms. The molecule has 0 fully saturated rings. The van der Waals surface area contributed by atoms with Gasteiger partial charge in [-0.2, -0.15) is 5.10 Å². The van der Waals surface area contributed by atoms with Gasteiger partial charge in [0.2, 0.25) is 0 Å². The number of benzene rings is 2. The summed E-state index contributed by atoms with van der Waals surface area (Å²) in [6.45, 7) is 0.387. The molecular formula is C21H24N4O3. The Bertz CT molecular complexity index is 1060. The number of hydrogen-bond acceptors (Lipinski definition) is 5. The average Bonchev–Trinajstić information content (AvgIpc) is 2.70. The average molecular weight is 380 g/mol. The summed E-state index contributed by atoms with van der Waals surface area (Å²) < 4.78 is 6.50. The van der Waals surface area contributed by atoms with Crippen LogP contribution in [0.25, 0.3) is 10.8 Å². The highest BCUT2D eigenvalue weighted by molar-refractivity contribution is 6.04. The third-order valence-corrected chi connectivity index (χ3v) is 4.73. The molecule has 3 rings (SSSR count). The van der Waals surface area contributed by atoms with Crippen LogP contribution in [0, 0.1) is 0 Å². The predicted octanol–water partition coefficient (Wildman–Crippen LogP) is 1.97. The SMILES string of the molecule is COc1cccc([C@@H](CNC(=O)c2nn(C)c(=O)c3ccccc23)N(C)C)c1. The van der Waals surface area contributed by atoms with E-state index in [0.29, 0.717) is 17.3 Å². The Morgan fingerprint density at radius 3 is 2.57 bits per heavy atom. The van der Waals surface area contributed by atoms with Gasteiger partial charge in [0, 0.05) is 19.0 Å². The van der Waals surface area contributed by atoms with Crippen LogP contribution in [0.2, 0.25) is 0 Å². The molecule has 7 heteroatoms. The highest BCUT2D eigenvalue weighted by atomic mass is 16.5. The Morgan fingerprint density at radius 1 is 1.18 bits per heavy atom.